The van der Waals surface area contributed by atoms with Crippen LogP contribution in [0.15, 0.2) is 48.5 Å². The number of nitrogens with one attached hydrogen (secondary N) is 1. The Bertz CT molecular complexity index is 528. The molecule has 0 atom stereocenters. The lowest BCUT2D eigenvalue weighted by Gasteiger charge is -2.09. The van der Waals surface area contributed by atoms with Crippen molar-refractivity contribution in [3.63, 3.8) is 0 Å². The monoisotopic (exact) mass is 291 g/mol. The third-order valence-electron chi connectivity index (χ3n) is 2.88. The molecule has 0 aromatic heterocycles. The van der Waals surface area contributed by atoms with Gasteiger partial charge in [0.1, 0.15) is 18.1 Å². The molecule has 0 aliphatic heterocycles. The molecule has 0 aliphatic rings. The predicted octanol–water partition coefficient (Wildman–Crippen LogP) is 3.52. The highest BCUT2D eigenvalue weighted by molar-refractivity contribution is 6.31. The van der Waals surface area contributed by atoms with Gasteiger partial charge in [-0.1, -0.05) is 29.8 Å². The number of hydrogen-bond donors (Lipinski definition) is 1. The second kappa shape index (κ2) is 7.78. The van der Waals surface area contributed by atoms with Crippen molar-refractivity contribution in [2.24, 2.45) is 0 Å². The molecule has 0 saturated heterocycles. The maximum atomic E-state index is 6.08. The second-order valence-corrected chi connectivity index (χ2v) is 4.70. The molecule has 0 spiro atoms. The topological polar surface area (TPSA) is 30.5 Å². The third kappa shape index (κ3) is 4.44. The van der Waals surface area contributed by atoms with Crippen LogP contribution in [0.4, 0.5) is 0 Å². The minimum atomic E-state index is 0.608. The average molecular weight is 292 g/mol. The smallest absolute Gasteiger partial charge is 0.119 e. The van der Waals surface area contributed by atoms with Crippen molar-refractivity contribution < 1.29 is 9.47 Å². The number of ether oxygens (including phenoxy) is 2. The summed E-state index contributed by atoms with van der Waals surface area (Å²) in [5.74, 6) is 1.67. The average Bonchev–Trinajstić information content (AvgIpc) is 2.49. The van der Waals surface area contributed by atoms with E-state index < -0.39 is 0 Å². The van der Waals surface area contributed by atoms with Crippen molar-refractivity contribution in [2.75, 3.05) is 20.3 Å². The number of methoxy groups -OCH3 is 1. The Morgan fingerprint density at radius 2 is 1.70 bits per heavy atom. The van der Waals surface area contributed by atoms with Crippen molar-refractivity contribution in [3.8, 4) is 11.5 Å². The summed E-state index contributed by atoms with van der Waals surface area (Å²) in [4.78, 5) is 0. The number of hydrogen-bond acceptors (Lipinski definition) is 3. The molecule has 4 heteroatoms. The number of rotatable bonds is 7. The molecule has 1 N–H and O–H groups in total. The molecule has 2 aromatic carbocycles. The second-order valence-electron chi connectivity index (χ2n) is 4.29. The molecule has 0 aliphatic carbocycles. The van der Waals surface area contributed by atoms with Gasteiger partial charge in [-0.05, 0) is 35.9 Å². The summed E-state index contributed by atoms with van der Waals surface area (Å²) in [7, 11) is 1.65. The van der Waals surface area contributed by atoms with E-state index in [0.717, 1.165) is 35.2 Å². The van der Waals surface area contributed by atoms with Gasteiger partial charge >= 0.3 is 0 Å². The summed E-state index contributed by atoms with van der Waals surface area (Å²) in [5, 5.41) is 4.09. The van der Waals surface area contributed by atoms with Crippen LogP contribution in [0.25, 0.3) is 0 Å². The molecule has 0 saturated carbocycles. The lowest BCUT2D eigenvalue weighted by atomic mass is 10.2. The van der Waals surface area contributed by atoms with Crippen molar-refractivity contribution in [2.45, 2.75) is 6.54 Å². The summed E-state index contributed by atoms with van der Waals surface area (Å²) in [6.45, 7) is 2.11. The molecule has 0 unspecified atom stereocenters. The standard InChI is InChI=1S/C16H18ClNO2/c1-19-14-6-8-15(9-7-14)20-11-10-18-12-13-4-2-3-5-16(13)17/h2-9,18H,10-12H2,1H3. The van der Waals surface area contributed by atoms with Crippen molar-refractivity contribution in [1.29, 1.82) is 0 Å². The zero-order chi connectivity index (χ0) is 14.2. The van der Waals surface area contributed by atoms with Crippen LogP contribution in [0.3, 0.4) is 0 Å². The minimum absolute atomic E-state index is 0.608. The number of benzene rings is 2. The lowest BCUT2D eigenvalue weighted by molar-refractivity contribution is 0.313. The van der Waals surface area contributed by atoms with Gasteiger partial charge in [-0.15, -0.1) is 0 Å². The van der Waals surface area contributed by atoms with Crippen LogP contribution in [0, 0.1) is 0 Å². The molecule has 0 radical (unpaired) electrons. The lowest BCUT2D eigenvalue weighted by Crippen LogP contribution is -2.20. The molecule has 106 valence electrons. The SMILES string of the molecule is COc1ccc(OCCNCc2ccccc2Cl)cc1. The van der Waals surface area contributed by atoms with E-state index in [1.807, 2.05) is 48.5 Å². The van der Waals surface area contributed by atoms with Gasteiger partial charge in [0.2, 0.25) is 0 Å². The zero-order valence-corrected chi connectivity index (χ0v) is 12.2. The highest BCUT2D eigenvalue weighted by Crippen LogP contribution is 2.17. The van der Waals surface area contributed by atoms with Crippen molar-refractivity contribution >= 4 is 11.6 Å². The molecular formula is C16H18ClNO2. The van der Waals surface area contributed by atoms with Gasteiger partial charge in [0.25, 0.3) is 0 Å². The molecule has 20 heavy (non-hydrogen) atoms. The highest BCUT2D eigenvalue weighted by Gasteiger charge is 1.98. The van der Waals surface area contributed by atoms with Gasteiger partial charge in [-0.2, -0.15) is 0 Å². The molecule has 0 amide bonds. The van der Waals surface area contributed by atoms with Gasteiger partial charge < -0.3 is 14.8 Å². The molecule has 3 nitrogen and oxygen atoms in total. The molecule has 2 aromatic rings. The van der Waals surface area contributed by atoms with Crippen LogP contribution < -0.4 is 14.8 Å². The summed E-state index contributed by atoms with van der Waals surface area (Å²) >= 11 is 6.08. The van der Waals surface area contributed by atoms with Gasteiger partial charge in [0, 0.05) is 18.1 Å². The Kier molecular flexibility index (Phi) is 5.71. The predicted molar refractivity (Wildman–Crippen MR) is 81.6 cm³/mol. The van der Waals surface area contributed by atoms with Gasteiger partial charge in [0.05, 0.1) is 7.11 Å². The largest absolute Gasteiger partial charge is 0.497 e. The van der Waals surface area contributed by atoms with Crippen LogP contribution in [0.1, 0.15) is 5.56 Å². The van der Waals surface area contributed by atoms with Crippen LogP contribution in [-0.2, 0) is 6.54 Å². The van der Waals surface area contributed by atoms with E-state index in [1.165, 1.54) is 0 Å². The quantitative estimate of drug-likeness (QED) is 0.792. The van der Waals surface area contributed by atoms with Crippen molar-refractivity contribution in [1.82, 2.24) is 5.32 Å². The van der Waals surface area contributed by atoms with E-state index >= 15 is 0 Å². The first-order chi connectivity index (χ1) is 9.79. The first-order valence-electron chi connectivity index (χ1n) is 6.50. The first kappa shape index (κ1) is 14.7. The van der Waals surface area contributed by atoms with Crippen LogP contribution in [0.2, 0.25) is 5.02 Å². The van der Waals surface area contributed by atoms with Crippen molar-refractivity contribution in [3.05, 3.63) is 59.1 Å². The van der Waals surface area contributed by atoms with Gasteiger partial charge in [-0.25, -0.2) is 0 Å². The Morgan fingerprint density at radius 3 is 2.40 bits per heavy atom. The third-order valence-corrected chi connectivity index (χ3v) is 3.25. The van der Waals surface area contributed by atoms with E-state index in [0.29, 0.717) is 6.61 Å². The van der Waals surface area contributed by atoms with E-state index in [-0.39, 0.29) is 0 Å². The van der Waals surface area contributed by atoms with Gasteiger partial charge in [0.15, 0.2) is 0 Å². The van der Waals surface area contributed by atoms with Gasteiger partial charge in [-0.3, -0.25) is 0 Å². The minimum Gasteiger partial charge on any atom is -0.497 e. The fourth-order valence-corrected chi connectivity index (χ4v) is 1.98. The number of halogens is 1. The van der Waals surface area contributed by atoms with E-state index in [2.05, 4.69) is 5.32 Å². The van der Waals surface area contributed by atoms with E-state index in [9.17, 15) is 0 Å². The summed E-state index contributed by atoms with van der Waals surface area (Å²) in [6.07, 6.45) is 0. The Balaban J connectivity index is 1.67. The first-order valence-corrected chi connectivity index (χ1v) is 6.88. The molecular weight excluding hydrogens is 274 g/mol. The highest BCUT2D eigenvalue weighted by atomic mass is 35.5. The van der Waals surface area contributed by atoms with E-state index in [4.69, 9.17) is 21.1 Å². The normalized spacial score (nSPS) is 10.3. The Morgan fingerprint density at radius 1 is 1.00 bits per heavy atom. The molecule has 0 fully saturated rings. The Labute approximate surface area is 124 Å². The van der Waals surface area contributed by atoms with Crippen LogP contribution in [-0.4, -0.2) is 20.3 Å². The summed E-state index contributed by atoms with van der Waals surface area (Å²) < 4.78 is 10.7. The molecule has 0 bridgehead atoms. The van der Waals surface area contributed by atoms with Crippen LogP contribution in [0.5, 0.6) is 11.5 Å². The zero-order valence-electron chi connectivity index (χ0n) is 11.4. The molecule has 0 heterocycles. The Hall–Kier alpha value is -1.71. The maximum Gasteiger partial charge on any atom is 0.119 e. The summed E-state index contributed by atoms with van der Waals surface area (Å²) in [5.41, 5.74) is 1.10. The van der Waals surface area contributed by atoms with E-state index in [1.54, 1.807) is 7.11 Å². The fraction of sp³-hybridized carbons (Fsp3) is 0.250. The fourth-order valence-electron chi connectivity index (χ4n) is 1.78. The molecule has 2 rings (SSSR count). The summed E-state index contributed by atoms with van der Waals surface area (Å²) in [6, 6.07) is 15.4. The van der Waals surface area contributed by atoms with Crippen LogP contribution >= 0.6 is 11.6 Å². The maximum absolute atomic E-state index is 6.08.